The molecular weight excluding hydrogens is 264 g/mol. The number of aryl methyl sites for hydroxylation is 1. The van der Waals surface area contributed by atoms with E-state index in [1.165, 1.54) is 0 Å². The van der Waals surface area contributed by atoms with Crippen LogP contribution in [0.25, 0.3) is 0 Å². The maximum Gasteiger partial charge on any atom is 0.308 e. The molecule has 4 nitrogen and oxygen atoms in total. The van der Waals surface area contributed by atoms with Gasteiger partial charge in [-0.15, -0.1) is 0 Å². The van der Waals surface area contributed by atoms with Crippen molar-refractivity contribution >= 4 is 11.7 Å². The summed E-state index contributed by atoms with van der Waals surface area (Å²) in [5.41, 5.74) is 4.47. The Morgan fingerprint density at radius 2 is 2.19 bits per heavy atom. The van der Waals surface area contributed by atoms with Gasteiger partial charge in [0.05, 0.1) is 5.92 Å². The SMILES string of the molecule is Cc1cncc(CN2CC(C(=O)O)Cc3ccccc32)c1. The molecule has 2 aromatic rings. The number of hydrogen-bond acceptors (Lipinski definition) is 3. The first-order chi connectivity index (χ1) is 10.1. The molecule has 0 fully saturated rings. The van der Waals surface area contributed by atoms with Gasteiger partial charge in [-0.2, -0.15) is 0 Å². The van der Waals surface area contributed by atoms with Crippen molar-refractivity contribution in [2.75, 3.05) is 11.4 Å². The number of fused-ring (bicyclic) bond motifs is 1. The summed E-state index contributed by atoms with van der Waals surface area (Å²) in [7, 11) is 0. The molecule has 2 heterocycles. The number of carboxylic acid groups (broad SMARTS) is 1. The van der Waals surface area contributed by atoms with Crippen molar-refractivity contribution in [3.05, 3.63) is 59.4 Å². The van der Waals surface area contributed by atoms with Gasteiger partial charge in [-0.25, -0.2) is 0 Å². The van der Waals surface area contributed by atoms with E-state index in [-0.39, 0.29) is 5.92 Å². The van der Waals surface area contributed by atoms with Gasteiger partial charge in [-0.3, -0.25) is 9.78 Å². The molecule has 108 valence electrons. The van der Waals surface area contributed by atoms with Crippen LogP contribution in [0, 0.1) is 12.8 Å². The molecule has 1 aliphatic heterocycles. The van der Waals surface area contributed by atoms with Crippen LogP contribution in [0.15, 0.2) is 42.7 Å². The lowest BCUT2D eigenvalue weighted by Gasteiger charge is -2.34. The molecule has 0 saturated carbocycles. The first-order valence-corrected chi connectivity index (χ1v) is 7.09. The molecule has 1 unspecified atom stereocenters. The number of anilines is 1. The average molecular weight is 282 g/mol. The molecule has 0 bridgehead atoms. The van der Waals surface area contributed by atoms with E-state index in [0.29, 0.717) is 19.5 Å². The van der Waals surface area contributed by atoms with Gasteiger partial charge in [-0.05, 0) is 36.1 Å². The van der Waals surface area contributed by atoms with Gasteiger partial charge in [0.25, 0.3) is 0 Å². The highest BCUT2D eigenvalue weighted by Gasteiger charge is 2.28. The van der Waals surface area contributed by atoms with Crippen molar-refractivity contribution in [3.63, 3.8) is 0 Å². The second kappa shape index (κ2) is 5.56. The van der Waals surface area contributed by atoms with Crippen molar-refractivity contribution < 1.29 is 9.90 Å². The van der Waals surface area contributed by atoms with E-state index >= 15 is 0 Å². The Morgan fingerprint density at radius 3 is 2.95 bits per heavy atom. The van der Waals surface area contributed by atoms with Crippen molar-refractivity contribution in [1.82, 2.24) is 4.98 Å². The zero-order chi connectivity index (χ0) is 14.8. The van der Waals surface area contributed by atoms with Crippen molar-refractivity contribution in [2.24, 2.45) is 5.92 Å². The predicted molar refractivity (Wildman–Crippen MR) is 81.3 cm³/mol. The third kappa shape index (κ3) is 2.89. The minimum Gasteiger partial charge on any atom is -0.481 e. The molecule has 1 aromatic carbocycles. The number of aliphatic carboxylic acids is 1. The summed E-state index contributed by atoms with van der Waals surface area (Å²) in [5, 5.41) is 9.35. The van der Waals surface area contributed by atoms with Gasteiger partial charge in [0.1, 0.15) is 0 Å². The lowest BCUT2D eigenvalue weighted by atomic mass is 9.92. The number of rotatable bonds is 3. The van der Waals surface area contributed by atoms with Crippen molar-refractivity contribution in [3.8, 4) is 0 Å². The number of benzene rings is 1. The van der Waals surface area contributed by atoms with Crippen LogP contribution in [-0.4, -0.2) is 22.6 Å². The maximum atomic E-state index is 11.4. The van der Waals surface area contributed by atoms with Crippen LogP contribution in [0.5, 0.6) is 0 Å². The van der Waals surface area contributed by atoms with E-state index < -0.39 is 5.97 Å². The molecule has 0 amide bonds. The summed E-state index contributed by atoms with van der Waals surface area (Å²) < 4.78 is 0. The third-order valence-electron chi connectivity index (χ3n) is 3.89. The Kier molecular flexibility index (Phi) is 3.60. The Labute approximate surface area is 124 Å². The standard InChI is InChI=1S/C17H18N2O2/c1-12-6-13(9-18-8-12)10-19-11-15(17(20)21)7-14-4-2-3-5-16(14)19/h2-6,8-9,15H,7,10-11H2,1H3,(H,20,21). The minimum absolute atomic E-state index is 0.349. The number of aromatic nitrogens is 1. The second-order valence-corrected chi connectivity index (χ2v) is 5.62. The van der Waals surface area contributed by atoms with Crippen LogP contribution in [0.2, 0.25) is 0 Å². The molecule has 3 rings (SSSR count). The van der Waals surface area contributed by atoms with E-state index in [1.54, 1.807) is 0 Å². The largest absolute Gasteiger partial charge is 0.481 e. The molecule has 1 aromatic heterocycles. The van der Waals surface area contributed by atoms with Crippen LogP contribution in [0.1, 0.15) is 16.7 Å². The van der Waals surface area contributed by atoms with E-state index in [9.17, 15) is 9.90 Å². The smallest absolute Gasteiger partial charge is 0.308 e. The van der Waals surface area contributed by atoms with Gasteiger partial charge in [0.2, 0.25) is 0 Å². The molecule has 21 heavy (non-hydrogen) atoms. The molecule has 0 aliphatic carbocycles. The highest BCUT2D eigenvalue weighted by atomic mass is 16.4. The van der Waals surface area contributed by atoms with E-state index in [2.05, 4.69) is 22.0 Å². The van der Waals surface area contributed by atoms with E-state index in [1.807, 2.05) is 37.5 Å². The fourth-order valence-corrected chi connectivity index (χ4v) is 2.93. The highest BCUT2D eigenvalue weighted by molar-refractivity contribution is 5.73. The summed E-state index contributed by atoms with van der Waals surface area (Å²) in [6.45, 7) is 3.25. The van der Waals surface area contributed by atoms with Crippen LogP contribution in [0.3, 0.4) is 0 Å². The van der Waals surface area contributed by atoms with Crippen molar-refractivity contribution in [1.29, 1.82) is 0 Å². The molecule has 4 heteroatoms. The van der Waals surface area contributed by atoms with Crippen LogP contribution in [-0.2, 0) is 17.8 Å². The fourth-order valence-electron chi connectivity index (χ4n) is 2.93. The quantitative estimate of drug-likeness (QED) is 0.940. The monoisotopic (exact) mass is 282 g/mol. The third-order valence-corrected chi connectivity index (χ3v) is 3.89. The van der Waals surface area contributed by atoms with Crippen LogP contribution < -0.4 is 4.90 Å². The summed E-state index contributed by atoms with van der Waals surface area (Å²) in [6.07, 6.45) is 4.28. The van der Waals surface area contributed by atoms with Crippen LogP contribution >= 0.6 is 0 Å². The Bertz CT molecular complexity index is 669. The number of nitrogens with zero attached hydrogens (tertiary/aromatic N) is 2. The Hall–Kier alpha value is -2.36. The fraction of sp³-hybridized carbons (Fsp3) is 0.294. The zero-order valence-electron chi connectivity index (χ0n) is 12.0. The summed E-state index contributed by atoms with van der Waals surface area (Å²) in [6, 6.07) is 10.2. The Balaban J connectivity index is 1.91. The molecular formula is C17H18N2O2. The molecule has 1 atom stereocenters. The molecule has 0 spiro atoms. The van der Waals surface area contributed by atoms with Gasteiger partial charge in [0, 0.05) is 31.2 Å². The lowest BCUT2D eigenvalue weighted by molar-refractivity contribution is -0.141. The second-order valence-electron chi connectivity index (χ2n) is 5.62. The topological polar surface area (TPSA) is 53.4 Å². The highest BCUT2D eigenvalue weighted by Crippen LogP contribution is 2.30. The average Bonchev–Trinajstić information content (AvgIpc) is 2.47. The maximum absolute atomic E-state index is 11.4. The van der Waals surface area contributed by atoms with E-state index in [4.69, 9.17) is 0 Å². The van der Waals surface area contributed by atoms with Gasteiger partial charge >= 0.3 is 5.97 Å². The predicted octanol–water partition coefficient (Wildman–Crippen LogP) is 2.65. The number of para-hydroxylation sites is 1. The summed E-state index contributed by atoms with van der Waals surface area (Å²) >= 11 is 0. The van der Waals surface area contributed by atoms with Crippen LogP contribution in [0.4, 0.5) is 5.69 Å². The molecule has 1 aliphatic rings. The lowest BCUT2D eigenvalue weighted by Crippen LogP contribution is -2.38. The van der Waals surface area contributed by atoms with Gasteiger partial charge < -0.3 is 10.0 Å². The van der Waals surface area contributed by atoms with Gasteiger partial charge in [0.15, 0.2) is 0 Å². The number of carboxylic acids is 1. The molecule has 1 N–H and O–H groups in total. The Morgan fingerprint density at radius 1 is 1.38 bits per heavy atom. The normalized spacial score (nSPS) is 17.4. The minimum atomic E-state index is -0.725. The summed E-state index contributed by atoms with van der Waals surface area (Å²) in [4.78, 5) is 17.7. The molecule has 0 saturated heterocycles. The number of hydrogen-bond donors (Lipinski definition) is 1. The first kappa shape index (κ1) is 13.6. The first-order valence-electron chi connectivity index (χ1n) is 7.09. The van der Waals surface area contributed by atoms with E-state index in [0.717, 1.165) is 22.4 Å². The molecule has 0 radical (unpaired) electrons. The zero-order valence-corrected chi connectivity index (χ0v) is 12.0. The van der Waals surface area contributed by atoms with Crippen molar-refractivity contribution in [2.45, 2.75) is 19.9 Å². The number of pyridine rings is 1. The summed E-state index contributed by atoms with van der Waals surface area (Å²) in [5.74, 6) is -1.07. The number of carbonyl (C=O) groups is 1. The van der Waals surface area contributed by atoms with Gasteiger partial charge in [-0.1, -0.05) is 24.3 Å².